The Balaban J connectivity index is 1.39. The van der Waals surface area contributed by atoms with Gasteiger partial charge in [0, 0.05) is 42.7 Å². The number of carbonyl (C=O) groups excluding carboxylic acids is 2. The summed E-state index contributed by atoms with van der Waals surface area (Å²) in [6, 6.07) is 27.6. The van der Waals surface area contributed by atoms with Crippen LogP contribution in [0.4, 0.5) is 0 Å². The van der Waals surface area contributed by atoms with E-state index in [4.69, 9.17) is 9.47 Å². The molecule has 41 heavy (non-hydrogen) atoms. The molecule has 1 fully saturated rings. The van der Waals surface area contributed by atoms with E-state index in [2.05, 4.69) is 42.0 Å². The molecule has 0 saturated heterocycles. The molecule has 0 radical (unpaired) electrons. The van der Waals surface area contributed by atoms with Crippen molar-refractivity contribution in [3.05, 3.63) is 119 Å². The van der Waals surface area contributed by atoms with Gasteiger partial charge in [-0.1, -0.05) is 54.6 Å². The predicted molar refractivity (Wildman–Crippen MR) is 159 cm³/mol. The van der Waals surface area contributed by atoms with Crippen molar-refractivity contribution in [3.8, 4) is 11.5 Å². The van der Waals surface area contributed by atoms with E-state index in [1.807, 2.05) is 47.4 Å². The zero-order valence-corrected chi connectivity index (χ0v) is 24.0. The monoisotopic (exact) mass is 551 g/mol. The van der Waals surface area contributed by atoms with Crippen molar-refractivity contribution in [2.24, 2.45) is 0 Å². The quantitative estimate of drug-likeness (QED) is 0.227. The third kappa shape index (κ3) is 6.98. The van der Waals surface area contributed by atoms with Gasteiger partial charge in [-0.05, 0) is 60.7 Å². The number of hydrogen-bond acceptors (Lipinski definition) is 4. The molecule has 7 heteroatoms. The number of amides is 2. The molecule has 1 saturated carbocycles. The Morgan fingerprint density at radius 3 is 2.20 bits per heavy atom. The fraction of sp³-hybridized carbons (Fsp3) is 0.294. The normalized spacial score (nSPS) is 12.6. The summed E-state index contributed by atoms with van der Waals surface area (Å²) in [7, 11) is 3.11. The van der Waals surface area contributed by atoms with Crippen LogP contribution in [0.2, 0.25) is 0 Å². The lowest BCUT2D eigenvalue weighted by Gasteiger charge is -2.28. The minimum Gasteiger partial charge on any atom is -0.497 e. The van der Waals surface area contributed by atoms with E-state index >= 15 is 0 Å². The molecular weight excluding hydrogens is 514 g/mol. The van der Waals surface area contributed by atoms with E-state index in [1.165, 1.54) is 11.1 Å². The molecule has 1 heterocycles. The summed E-state index contributed by atoms with van der Waals surface area (Å²) in [5, 5.41) is 0. The molecular formula is C34H37N3O4. The van der Waals surface area contributed by atoms with Crippen molar-refractivity contribution >= 4 is 11.8 Å². The van der Waals surface area contributed by atoms with Gasteiger partial charge in [0.2, 0.25) is 5.91 Å². The number of ether oxygens (including phenoxy) is 2. The van der Waals surface area contributed by atoms with E-state index in [1.54, 1.807) is 37.3 Å². The molecule has 2 amide bonds. The second-order valence-electron chi connectivity index (χ2n) is 10.6. The zero-order chi connectivity index (χ0) is 28.8. The number of rotatable bonds is 12. The van der Waals surface area contributed by atoms with Gasteiger partial charge in [-0.15, -0.1) is 0 Å². The van der Waals surface area contributed by atoms with Gasteiger partial charge in [0.05, 0.1) is 20.8 Å². The summed E-state index contributed by atoms with van der Waals surface area (Å²) in [5.41, 5.74) is 5.00. The Morgan fingerprint density at radius 2 is 1.54 bits per heavy atom. The Morgan fingerprint density at radius 1 is 0.854 bits per heavy atom. The molecule has 4 aromatic rings. The SMILES string of the molecule is COc1cc(OC)cc(C(=O)N(CC(=O)N(Cc2ccccc2)Cc2cccn2Cc2ccccc2C)C2CC2)c1. The van der Waals surface area contributed by atoms with Crippen LogP contribution >= 0.6 is 0 Å². The van der Waals surface area contributed by atoms with E-state index in [0.717, 1.165) is 30.6 Å². The van der Waals surface area contributed by atoms with Crippen molar-refractivity contribution in [1.82, 2.24) is 14.4 Å². The summed E-state index contributed by atoms with van der Waals surface area (Å²) in [6.45, 7) is 3.74. The molecule has 0 atom stereocenters. The maximum atomic E-state index is 14.0. The molecule has 3 aromatic carbocycles. The summed E-state index contributed by atoms with van der Waals surface area (Å²) in [4.78, 5) is 31.3. The molecule has 1 aliphatic carbocycles. The molecule has 7 nitrogen and oxygen atoms in total. The fourth-order valence-corrected chi connectivity index (χ4v) is 5.05. The second-order valence-corrected chi connectivity index (χ2v) is 10.6. The third-order valence-corrected chi connectivity index (χ3v) is 7.60. The molecule has 212 valence electrons. The largest absolute Gasteiger partial charge is 0.497 e. The average molecular weight is 552 g/mol. The predicted octanol–water partition coefficient (Wildman–Crippen LogP) is 5.70. The Hall–Kier alpha value is -4.52. The summed E-state index contributed by atoms with van der Waals surface area (Å²) in [5.74, 6) is 0.790. The van der Waals surface area contributed by atoms with Crippen LogP contribution in [0, 0.1) is 6.92 Å². The molecule has 0 bridgehead atoms. The highest BCUT2D eigenvalue weighted by Crippen LogP contribution is 2.31. The van der Waals surface area contributed by atoms with Crippen molar-refractivity contribution in [2.75, 3.05) is 20.8 Å². The van der Waals surface area contributed by atoms with Gasteiger partial charge in [0.15, 0.2) is 0 Å². The number of benzene rings is 3. The Labute approximate surface area is 241 Å². The van der Waals surface area contributed by atoms with Crippen LogP contribution in [0.25, 0.3) is 0 Å². The number of aromatic nitrogens is 1. The highest BCUT2D eigenvalue weighted by atomic mass is 16.5. The first kappa shape index (κ1) is 28.0. The maximum Gasteiger partial charge on any atom is 0.254 e. The van der Waals surface area contributed by atoms with Crippen molar-refractivity contribution in [3.63, 3.8) is 0 Å². The van der Waals surface area contributed by atoms with E-state index < -0.39 is 0 Å². The van der Waals surface area contributed by atoms with E-state index in [-0.39, 0.29) is 24.4 Å². The fourth-order valence-electron chi connectivity index (χ4n) is 5.05. The van der Waals surface area contributed by atoms with Crippen LogP contribution < -0.4 is 9.47 Å². The molecule has 1 aromatic heterocycles. The average Bonchev–Trinajstić information content (AvgIpc) is 3.76. The second kappa shape index (κ2) is 12.8. The van der Waals surface area contributed by atoms with Gasteiger partial charge in [0.25, 0.3) is 5.91 Å². The van der Waals surface area contributed by atoms with Crippen molar-refractivity contribution in [2.45, 2.75) is 45.4 Å². The highest BCUT2D eigenvalue weighted by Gasteiger charge is 2.35. The number of nitrogens with zero attached hydrogens (tertiary/aromatic N) is 3. The number of aryl methyl sites for hydroxylation is 1. The van der Waals surface area contributed by atoms with Gasteiger partial charge >= 0.3 is 0 Å². The van der Waals surface area contributed by atoms with Gasteiger partial charge in [0.1, 0.15) is 18.0 Å². The van der Waals surface area contributed by atoms with Gasteiger partial charge in [-0.25, -0.2) is 0 Å². The van der Waals surface area contributed by atoms with Crippen LogP contribution in [0.15, 0.2) is 91.1 Å². The topological polar surface area (TPSA) is 64.0 Å². The number of carbonyl (C=O) groups is 2. The smallest absolute Gasteiger partial charge is 0.254 e. The lowest BCUT2D eigenvalue weighted by atomic mass is 10.1. The molecule has 1 aliphatic rings. The zero-order valence-electron chi connectivity index (χ0n) is 24.0. The molecule has 0 N–H and O–H groups in total. The first-order valence-electron chi connectivity index (χ1n) is 14.0. The lowest BCUT2D eigenvalue weighted by Crippen LogP contribution is -2.43. The van der Waals surface area contributed by atoms with Crippen LogP contribution in [0.1, 0.15) is 45.6 Å². The minimum atomic E-state index is -0.194. The highest BCUT2D eigenvalue weighted by molar-refractivity contribution is 5.97. The van der Waals surface area contributed by atoms with Crippen LogP contribution in [0.5, 0.6) is 11.5 Å². The standard InChI is InChI=1S/C34H37N3O4/c1-25-10-7-8-13-27(25)22-35-17-9-14-30(35)23-36(21-26-11-5-4-6-12-26)33(38)24-37(29-15-16-29)34(39)28-18-31(40-2)20-32(19-28)41-3/h4-14,17-20,29H,15-16,21-24H2,1-3H3. The van der Waals surface area contributed by atoms with Crippen molar-refractivity contribution in [1.29, 1.82) is 0 Å². The molecule has 0 spiro atoms. The number of methoxy groups -OCH3 is 2. The molecule has 5 rings (SSSR count). The first-order valence-corrected chi connectivity index (χ1v) is 14.0. The third-order valence-electron chi connectivity index (χ3n) is 7.60. The molecule has 0 aliphatic heterocycles. The number of hydrogen-bond donors (Lipinski definition) is 0. The Bertz CT molecular complexity index is 1470. The lowest BCUT2D eigenvalue weighted by molar-refractivity contribution is -0.133. The van der Waals surface area contributed by atoms with E-state index in [0.29, 0.717) is 30.2 Å². The summed E-state index contributed by atoms with van der Waals surface area (Å²) in [6.07, 6.45) is 3.83. The van der Waals surface area contributed by atoms with E-state index in [9.17, 15) is 9.59 Å². The van der Waals surface area contributed by atoms with Crippen LogP contribution in [-0.4, -0.2) is 53.0 Å². The molecule has 0 unspecified atom stereocenters. The Kier molecular flexibility index (Phi) is 8.73. The summed E-state index contributed by atoms with van der Waals surface area (Å²) < 4.78 is 13.0. The van der Waals surface area contributed by atoms with Crippen LogP contribution in [0.3, 0.4) is 0 Å². The first-order chi connectivity index (χ1) is 19.9. The van der Waals surface area contributed by atoms with Gasteiger partial charge in [-0.3, -0.25) is 9.59 Å². The summed E-state index contributed by atoms with van der Waals surface area (Å²) >= 11 is 0. The van der Waals surface area contributed by atoms with Crippen LogP contribution in [-0.2, 0) is 24.4 Å². The minimum absolute atomic E-state index is 0.00829. The van der Waals surface area contributed by atoms with Gasteiger partial charge in [-0.2, -0.15) is 0 Å². The van der Waals surface area contributed by atoms with Crippen molar-refractivity contribution < 1.29 is 19.1 Å². The maximum absolute atomic E-state index is 14.0. The van der Waals surface area contributed by atoms with Gasteiger partial charge < -0.3 is 23.8 Å².